The summed E-state index contributed by atoms with van der Waals surface area (Å²) in [5.74, 6) is -1.36. The number of hydrogen-bond acceptors (Lipinski definition) is 5. The third-order valence-electron chi connectivity index (χ3n) is 4.61. The summed E-state index contributed by atoms with van der Waals surface area (Å²) in [6.07, 6.45) is 1.71. The van der Waals surface area contributed by atoms with Crippen LogP contribution in [0, 0.1) is 10.1 Å². The number of nitro groups is 1. The van der Waals surface area contributed by atoms with E-state index in [1.807, 2.05) is 24.3 Å². The summed E-state index contributed by atoms with van der Waals surface area (Å²) in [5.41, 5.74) is 6.23. The molecule has 3 amide bonds. The van der Waals surface area contributed by atoms with Crippen molar-refractivity contribution in [3.63, 3.8) is 0 Å². The average Bonchev–Trinajstić information content (AvgIpc) is 2.75. The maximum atomic E-state index is 12.5. The van der Waals surface area contributed by atoms with Gasteiger partial charge >= 0.3 is 0 Å². The van der Waals surface area contributed by atoms with E-state index in [1.165, 1.54) is 18.2 Å². The Morgan fingerprint density at radius 1 is 1.03 bits per heavy atom. The van der Waals surface area contributed by atoms with Crippen molar-refractivity contribution in [2.75, 3.05) is 11.4 Å². The van der Waals surface area contributed by atoms with Gasteiger partial charge in [-0.15, -0.1) is 0 Å². The lowest BCUT2D eigenvalue weighted by atomic mass is 10.0. The van der Waals surface area contributed by atoms with Crippen LogP contribution in [0.1, 0.15) is 35.2 Å². The van der Waals surface area contributed by atoms with E-state index in [2.05, 4.69) is 10.9 Å². The number of carbonyl (C=O) groups is 3. The fourth-order valence-corrected chi connectivity index (χ4v) is 3.17. The number of non-ortho nitro benzene ring substituents is 1. The molecule has 0 saturated heterocycles. The number of hydrogen-bond donors (Lipinski definition) is 2. The summed E-state index contributed by atoms with van der Waals surface area (Å²) < 4.78 is 0. The van der Waals surface area contributed by atoms with E-state index < -0.39 is 16.7 Å². The van der Waals surface area contributed by atoms with Crippen LogP contribution in [0.15, 0.2) is 48.5 Å². The minimum atomic E-state index is -0.682. The van der Waals surface area contributed by atoms with E-state index in [9.17, 15) is 24.5 Å². The smallest absolute Gasteiger partial charge is 0.270 e. The van der Waals surface area contributed by atoms with E-state index >= 15 is 0 Å². The Kier molecular flexibility index (Phi) is 6.18. The van der Waals surface area contributed by atoms with Crippen LogP contribution in [-0.4, -0.2) is 29.2 Å². The number of amides is 3. The fourth-order valence-electron chi connectivity index (χ4n) is 3.17. The van der Waals surface area contributed by atoms with Gasteiger partial charge in [-0.25, -0.2) is 0 Å². The molecule has 0 unspecified atom stereocenters. The molecule has 0 bridgehead atoms. The Labute approximate surface area is 166 Å². The van der Waals surface area contributed by atoms with Crippen LogP contribution in [0.25, 0.3) is 0 Å². The maximum absolute atomic E-state index is 12.5. The van der Waals surface area contributed by atoms with Crippen LogP contribution < -0.4 is 15.8 Å². The Morgan fingerprint density at radius 2 is 1.83 bits per heavy atom. The molecule has 150 valence electrons. The Hall–Kier alpha value is -3.75. The molecule has 29 heavy (non-hydrogen) atoms. The summed E-state index contributed by atoms with van der Waals surface area (Å²) in [5, 5.41) is 10.8. The highest BCUT2D eigenvalue weighted by Gasteiger charge is 2.22. The number of carbonyl (C=O) groups excluding carboxylic acids is 3. The van der Waals surface area contributed by atoms with Gasteiger partial charge in [0.05, 0.1) is 4.92 Å². The van der Waals surface area contributed by atoms with Crippen molar-refractivity contribution in [2.24, 2.45) is 0 Å². The zero-order valence-corrected chi connectivity index (χ0v) is 15.6. The van der Waals surface area contributed by atoms with Gasteiger partial charge in [-0.1, -0.05) is 24.3 Å². The lowest BCUT2D eigenvalue weighted by Crippen LogP contribution is -2.42. The third-order valence-corrected chi connectivity index (χ3v) is 4.61. The van der Waals surface area contributed by atoms with Crippen molar-refractivity contribution >= 4 is 29.1 Å². The number of nitro benzene ring substituents is 1. The standard InChI is InChI=1S/C20H20N4O5/c25-18(21-22-20(27)15-6-3-8-16(13-15)24(28)29)10-11-19(26)23-12-4-7-14-5-1-2-9-17(14)23/h1-3,5-6,8-9,13H,4,7,10-12H2,(H,21,25)(H,22,27). The summed E-state index contributed by atoms with van der Waals surface area (Å²) in [6, 6.07) is 12.8. The highest BCUT2D eigenvalue weighted by Crippen LogP contribution is 2.27. The van der Waals surface area contributed by atoms with E-state index in [0.717, 1.165) is 30.2 Å². The predicted octanol–water partition coefficient (Wildman–Crippen LogP) is 2.12. The number of benzene rings is 2. The van der Waals surface area contributed by atoms with Crippen molar-refractivity contribution in [3.05, 3.63) is 69.8 Å². The first kappa shape index (κ1) is 20.0. The molecule has 0 aliphatic carbocycles. The average molecular weight is 396 g/mol. The molecule has 1 heterocycles. The molecular weight excluding hydrogens is 376 g/mol. The molecule has 0 radical (unpaired) electrons. The van der Waals surface area contributed by atoms with Gasteiger partial charge in [0.1, 0.15) is 0 Å². The number of rotatable bonds is 5. The molecular formula is C20H20N4O5. The second-order valence-electron chi connectivity index (χ2n) is 6.59. The summed E-state index contributed by atoms with van der Waals surface area (Å²) in [7, 11) is 0. The van der Waals surface area contributed by atoms with Gasteiger partial charge in [0, 0.05) is 42.8 Å². The molecule has 3 rings (SSSR count). The molecule has 1 aliphatic heterocycles. The fraction of sp³-hybridized carbons (Fsp3) is 0.250. The zero-order valence-electron chi connectivity index (χ0n) is 15.6. The first-order valence-corrected chi connectivity index (χ1v) is 9.17. The lowest BCUT2D eigenvalue weighted by molar-refractivity contribution is -0.384. The molecule has 0 spiro atoms. The summed E-state index contributed by atoms with van der Waals surface area (Å²) >= 11 is 0. The molecule has 0 atom stereocenters. The summed E-state index contributed by atoms with van der Waals surface area (Å²) in [6.45, 7) is 0.612. The Balaban J connectivity index is 1.49. The normalized spacial score (nSPS) is 12.6. The van der Waals surface area contributed by atoms with Gasteiger partial charge in [0.2, 0.25) is 11.8 Å². The molecule has 0 fully saturated rings. The van der Waals surface area contributed by atoms with E-state index in [4.69, 9.17) is 0 Å². The molecule has 1 aliphatic rings. The molecule has 9 nitrogen and oxygen atoms in total. The highest BCUT2D eigenvalue weighted by atomic mass is 16.6. The predicted molar refractivity (Wildman–Crippen MR) is 105 cm³/mol. The van der Waals surface area contributed by atoms with Crippen LogP contribution in [0.4, 0.5) is 11.4 Å². The molecule has 0 saturated carbocycles. The minimum Gasteiger partial charge on any atom is -0.312 e. The Bertz CT molecular complexity index is 959. The van der Waals surface area contributed by atoms with E-state index in [1.54, 1.807) is 4.90 Å². The van der Waals surface area contributed by atoms with Crippen molar-refractivity contribution in [2.45, 2.75) is 25.7 Å². The number of anilines is 1. The number of nitrogens with one attached hydrogen (secondary N) is 2. The number of nitrogens with zero attached hydrogens (tertiary/aromatic N) is 2. The van der Waals surface area contributed by atoms with Crippen molar-refractivity contribution in [1.29, 1.82) is 0 Å². The zero-order chi connectivity index (χ0) is 20.8. The maximum Gasteiger partial charge on any atom is 0.270 e. The van der Waals surface area contributed by atoms with Crippen molar-refractivity contribution in [1.82, 2.24) is 10.9 Å². The second kappa shape index (κ2) is 8.96. The summed E-state index contributed by atoms with van der Waals surface area (Å²) in [4.78, 5) is 48.4. The van der Waals surface area contributed by atoms with Gasteiger partial charge < -0.3 is 4.90 Å². The van der Waals surface area contributed by atoms with Crippen LogP contribution >= 0.6 is 0 Å². The topological polar surface area (TPSA) is 122 Å². The minimum absolute atomic E-state index is 0.00679. The third kappa shape index (κ3) is 4.95. The molecule has 2 N–H and O–H groups in total. The van der Waals surface area contributed by atoms with Crippen LogP contribution in [0.2, 0.25) is 0 Å². The largest absolute Gasteiger partial charge is 0.312 e. The molecule has 2 aromatic carbocycles. The van der Waals surface area contributed by atoms with Gasteiger partial charge in [0.25, 0.3) is 11.6 Å². The van der Waals surface area contributed by atoms with E-state index in [-0.39, 0.29) is 30.0 Å². The highest BCUT2D eigenvalue weighted by molar-refractivity contribution is 5.98. The quantitative estimate of drug-likeness (QED) is 0.592. The Morgan fingerprint density at radius 3 is 2.62 bits per heavy atom. The van der Waals surface area contributed by atoms with Crippen LogP contribution in [-0.2, 0) is 16.0 Å². The van der Waals surface area contributed by atoms with Crippen molar-refractivity contribution in [3.8, 4) is 0 Å². The first-order valence-electron chi connectivity index (χ1n) is 9.17. The molecule has 2 aromatic rings. The van der Waals surface area contributed by atoms with Crippen LogP contribution in [0.5, 0.6) is 0 Å². The van der Waals surface area contributed by atoms with Gasteiger partial charge in [-0.2, -0.15) is 0 Å². The molecule has 0 aromatic heterocycles. The SMILES string of the molecule is O=C(CCC(=O)N1CCCc2ccccc21)NNC(=O)c1cccc([N+](=O)[O-])c1. The second-order valence-corrected chi connectivity index (χ2v) is 6.59. The van der Waals surface area contributed by atoms with Crippen molar-refractivity contribution < 1.29 is 19.3 Å². The number of aryl methyl sites for hydroxylation is 1. The number of para-hydroxylation sites is 1. The van der Waals surface area contributed by atoms with Gasteiger partial charge in [-0.05, 0) is 30.5 Å². The number of hydrazine groups is 1. The monoisotopic (exact) mass is 396 g/mol. The number of fused-ring (bicyclic) bond motifs is 1. The van der Waals surface area contributed by atoms with Gasteiger partial charge in [0.15, 0.2) is 0 Å². The molecule has 9 heteroatoms. The van der Waals surface area contributed by atoms with E-state index in [0.29, 0.717) is 6.54 Å². The van der Waals surface area contributed by atoms with Gasteiger partial charge in [-0.3, -0.25) is 35.3 Å². The lowest BCUT2D eigenvalue weighted by Gasteiger charge is -2.29. The van der Waals surface area contributed by atoms with Crippen LogP contribution in [0.3, 0.4) is 0 Å². The first-order chi connectivity index (χ1) is 14.0.